The van der Waals surface area contributed by atoms with Crippen LogP contribution in [-0.2, 0) is 14.9 Å². The molecule has 2 saturated heterocycles. The number of aliphatic hydroxyl groups is 1. The Labute approximate surface area is 120 Å². The average Bonchev–Trinajstić information content (AvgIpc) is 2.31. The fraction of sp³-hybridized carbons (Fsp3) is 0.571. The fourth-order valence-corrected chi connectivity index (χ4v) is 3.34. The van der Waals surface area contributed by atoms with Crippen LogP contribution in [0.1, 0.15) is 5.56 Å². The van der Waals surface area contributed by atoms with Gasteiger partial charge in [-0.2, -0.15) is 0 Å². The maximum atomic E-state index is 9.84. The molecule has 104 valence electrons. The fourth-order valence-electron chi connectivity index (χ4n) is 2.98. The molecule has 0 spiro atoms. The van der Waals surface area contributed by atoms with Crippen molar-refractivity contribution in [1.29, 1.82) is 0 Å². The normalized spacial score (nSPS) is 23.3. The van der Waals surface area contributed by atoms with Gasteiger partial charge in [0.2, 0.25) is 0 Å². The van der Waals surface area contributed by atoms with Crippen LogP contribution in [0.2, 0.25) is 0 Å². The highest BCUT2D eigenvalue weighted by Crippen LogP contribution is 2.54. The van der Waals surface area contributed by atoms with Gasteiger partial charge < -0.3 is 19.3 Å². The summed E-state index contributed by atoms with van der Waals surface area (Å²) in [6, 6.07) is 5.97. The van der Waals surface area contributed by atoms with Crippen LogP contribution in [0.3, 0.4) is 0 Å². The topological polar surface area (TPSA) is 47.9 Å². The third kappa shape index (κ3) is 1.76. The summed E-state index contributed by atoms with van der Waals surface area (Å²) in [5.74, 6) is 0.839. The number of halogens is 1. The van der Waals surface area contributed by atoms with E-state index in [0.717, 1.165) is 15.8 Å². The summed E-state index contributed by atoms with van der Waals surface area (Å²) in [6.45, 7) is 2.45. The first-order valence-corrected chi connectivity index (χ1v) is 7.07. The van der Waals surface area contributed by atoms with E-state index in [0.29, 0.717) is 26.4 Å². The van der Waals surface area contributed by atoms with Crippen molar-refractivity contribution in [2.24, 2.45) is 5.41 Å². The molecule has 4 nitrogen and oxygen atoms in total. The molecule has 1 N–H and O–H groups in total. The van der Waals surface area contributed by atoms with Crippen molar-refractivity contribution in [3.05, 3.63) is 28.2 Å². The summed E-state index contributed by atoms with van der Waals surface area (Å²) in [5.41, 5.74) is 0.627. The maximum absolute atomic E-state index is 9.84. The first kappa shape index (κ1) is 13.4. The molecule has 0 amide bonds. The Morgan fingerprint density at radius 2 is 1.95 bits per heavy atom. The Morgan fingerprint density at radius 3 is 2.37 bits per heavy atom. The molecule has 0 saturated carbocycles. The lowest BCUT2D eigenvalue weighted by molar-refractivity contribution is -0.242. The van der Waals surface area contributed by atoms with Crippen molar-refractivity contribution in [1.82, 2.24) is 0 Å². The van der Waals surface area contributed by atoms with Crippen LogP contribution in [0.25, 0.3) is 0 Å². The van der Waals surface area contributed by atoms with Gasteiger partial charge in [0.25, 0.3) is 0 Å². The van der Waals surface area contributed by atoms with E-state index in [1.165, 1.54) is 0 Å². The number of hydrogen-bond acceptors (Lipinski definition) is 4. The number of ether oxygens (including phenoxy) is 3. The summed E-state index contributed by atoms with van der Waals surface area (Å²) in [7, 11) is 1.67. The van der Waals surface area contributed by atoms with Gasteiger partial charge in [0.05, 0.1) is 51.0 Å². The zero-order valence-electron chi connectivity index (χ0n) is 10.8. The number of rotatable bonds is 4. The zero-order valence-corrected chi connectivity index (χ0v) is 12.4. The van der Waals surface area contributed by atoms with E-state index in [1.807, 2.05) is 12.1 Å². The minimum absolute atomic E-state index is 0.103. The van der Waals surface area contributed by atoms with Gasteiger partial charge in [-0.1, -0.05) is 15.9 Å². The molecule has 1 aromatic carbocycles. The van der Waals surface area contributed by atoms with Crippen LogP contribution in [0.5, 0.6) is 5.75 Å². The monoisotopic (exact) mass is 328 g/mol. The van der Waals surface area contributed by atoms with Crippen molar-refractivity contribution in [3.63, 3.8) is 0 Å². The maximum Gasteiger partial charge on any atom is 0.122 e. The molecule has 19 heavy (non-hydrogen) atoms. The molecule has 2 fully saturated rings. The highest BCUT2D eigenvalue weighted by molar-refractivity contribution is 9.10. The van der Waals surface area contributed by atoms with Crippen LogP contribution in [0, 0.1) is 5.41 Å². The second kappa shape index (κ2) is 4.74. The van der Waals surface area contributed by atoms with Crippen molar-refractivity contribution >= 4 is 15.9 Å². The molecular formula is C14H17BrO4. The molecule has 5 heteroatoms. The minimum Gasteiger partial charge on any atom is -0.496 e. The molecule has 0 atom stereocenters. The van der Waals surface area contributed by atoms with E-state index < -0.39 is 0 Å². The summed E-state index contributed by atoms with van der Waals surface area (Å²) in [4.78, 5) is 0. The SMILES string of the molecule is COc1ccc(Br)cc1C1(C2(CO)COC2)COC1. The molecule has 2 aliphatic rings. The second-order valence-electron chi connectivity index (χ2n) is 5.35. The molecule has 0 bridgehead atoms. The van der Waals surface area contributed by atoms with E-state index in [4.69, 9.17) is 14.2 Å². The Morgan fingerprint density at radius 1 is 1.26 bits per heavy atom. The number of benzene rings is 1. The molecule has 0 aromatic heterocycles. The van der Waals surface area contributed by atoms with Gasteiger partial charge in [0.15, 0.2) is 0 Å². The Hall–Kier alpha value is -0.620. The summed E-state index contributed by atoms with van der Waals surface area (Å²) in [6.07, 6.45) is 0. The minimum atomic E-state index is -0.251. The average molecular weight is 329 g/mol. The first-order chi connectivity index (χ1) is 9.17. The van der Waals surface area contributed by atoms with Gasteiger partial charge in [-0.15, -0.1) is 0 Å². The number of aliphatic hydroxyl groups excluding tert-OH is 1. The van der Waals surface area contributed by atoms with Crippen molar-refractivity contribution in [3.8, 4) is 5.75 Å². The molecule has 2 heterocycles. The van der Waals surface area contributed by atoms with Gasteiger partial charge in [-0.25, -0.2) is 0 Å². The summed E-state index contributed by atoms with van der Waals surface area (Å²) in [5, 5.41) is 9.84. The molecule has 2 aliphatic heterocycles. The molecule has 1 aromatic rings. The molecule has 0 aliphatic carbocycles. The third-order valence-corrected chi connectivity index (χ3v) is 4.94. The van der Waals surface area contributed by atoms with Gasteiger partial charge in [-0.05, 0) is 18.2 Å². The number of hydrogen-bond donors (Lipinski definition) is 1. The third-order valence-electron chi connectivity index (χ3n) is 4.45. The Balaban J connectivity index is 2.09. The molecular weight excluding hydrogens is 312 g/mol. The van der Waals surface area contributed by atoms with Crippen LogP contribution in [0.15, 0.2) is 22.7 Å². The predicted octanol–water partition coefficient (Wildman–Crippen LogP) is 1.73. The van der Waals surface area contributed by atoms with Crippen molar-refractivity contribution in [2.45, 2.75) is 5.41 Å². The quantitative estimate of drug-likeness (QED) is 0.914. The van der Waals surface area contributed by atoms with E-state index in [2.05, 4.69) is 22.0 Å². The lowest BCUT2D eigenvalue weighted by atomic mass is 9.57. The number of methoxy groups -OCH3 is 1. The lowest BCUT2D eigenvalue weighted by Gasteiger charge is -2.58. The van der Waals surface area contributed by atoms with Crippen molar-refractivity contribution in [2.75, 3.05) is 40.1 Å². The highest BCUT2D eigenvalue weighted by Gasteiger charge is 2.61. The summed E-state index contributed by atoms with van der Waals surface area (Å²) >= 11 is 3.51. The smallest absolute Gasteiger partial charge is 0.122 e. The van der Waals surface area contributed by atoms with Crippen molar-refractivity contribution < 1.29 is 19.3 Å². The van der Waals surface area contributed by atoms with Gasteiger partial charge in [0.1, 0.15) is 5.75 Å². The Kier molecular flexibility index (Phi) is 3.33. The van der Waals surface area contributed by atoms with E-state index in [-0.39, 0.29) is 17.4 Å². The lowest BCUT2D eigenvalue weighted by Crippen LogP contribution is -2.68. The van der Waals surface area contributed by atoms with E-state index >= 15 is 0 Å². The van der Waals surface area contributed by atoms with Gasteiger partial charge in [0, 0.05) is 10.0 Å². The van der Waals surface area contributed by atoms with Crippen LogP contribution in [-0.4, -0.2) is 45.3 Å². The summed E-state index contributed by atoms with van der Waals surface area (Å²) < 4.78 is 17.3. The van der Waals surface area contributed by atoms with E-state index in [9.17, 15) is 5.11 Å². The van der Waals surface area contributed by atoms with Crippen LogP contribution in [0.4, 0.5) is 0 Å². The first-order valence-electron chi connectivity index (χ1n) is 6.28. The van der Waals surface area contributed by atoms with Crippen LogP contribution >= 0.6 is 15.9 Å². The van der Waals surface area contributed by atoms with Crippen LogP contribution < -0.4 is 4.74 Å². The van der Waals surface area contributed by atoms with Gasteiger partial charge >= 0.3 is 0 Å². The standard InChI is InChI=1S/C14H17BrO4/c1-17-12-3-2-10(15)4-11(12)14(8-19-9-14)13(5-16)6-18-7-13/h2-4,16H,5-9H2,1H3. The van der Waals surface area contributed by atoms with E-state index in [1.54, 1.807) is 7.11 Å². The van der Waals surface area contributed by atoms with Gasteiger partial charge in [-0.3, -0.25) is 0 Å². The Bertz CT molecular complexity index is 475. The molecule has 3 rings (SSSR count). The molecule has 0 unspecified atom stereocenters. The molecule has 0 radical (unpaired) electrons. The second-order valence-corrected chi connectivity index (χ2v) is 6.27. The zero-order chi connectivity index (χ0) is 13.5. The largest absolute Gasteiger partial charge is 0.496 e. The predicted molar refractivity (Wildman–Crippen MR) is 73.5 cm³/mol. The highest BCUT2D eigenvalue weighted by atomic mass is 79.9.